The molecule has 1 amide bonds. The Balaban J connectivity index is 1.67. The molecule has 2 heterocycles. The summed E-state index contributed by atoms with van der Waals surface area (Å²) in [4.78, 5) is 22.2. The molecule has 7 nitrogen and oxygen atoms in total. The SMILES string of the molecule is CCc1ccccc1NC(=O)c1nnn(-c2ccccc2)c1CSc1nc(C)cc(C)n1. The van der Waals surface area contributed by atoms with E-state index in [0.717, 1.165) is 34.7 Å². The highest BCUT2D eigenvalue weighted by molar-refractivity contribution is 7.98. The second-order valence-corrected chi connectivity index (χ2v) is 8.26. The van der Waals surface area contributed by atoms with Gasteiger partial charge in [0.15, 0.2) is 10.9 Å². The summed E-state index contributed by atoms with van der Waals surface area (Å²) in [5, 5.41) is 12.2. The van der Waals surface area contributed by atoms with Gasteiger partial charge in [0.1, 0.15) is 0 Å². The van der Waals surface area contributed by atoms with Gasteiger partial charge in [-0.25, -0.2) is 14.6 Å². The highest BCUT2D eigenvalue weighted by Gasteiger charge is 2.22. The summed E-state index contributed by atoms with van der Waals surface area (Å²) < 4.78 is 1.70. The summed E-state index contributed by atoms with van der Waals surface area (Å²) in [6, 6.07) is 19.4. The minimum absolute atomic E-state index is 0.287. The maximum atomic E-state index is 13.2. The van der Waals surface area contributed by atoms with E-state index in [-0.39, 0.29) is 11.6 Å². The van der Waals surface area contributed by atoms with Gasteiger partial charge in [0.2, 0.25) is 0 Å². The number of nitrogens with one attached hydrogen (secondary N) is 1. The first kappa shape index (κ1) is 21.7. The van der Waals surface area contributed by atoms with E-state index in [9.17, 15) is 4.79 Å². The van der Waals surface area contributed by atoms with Gasteiger partial charge >= 0.3 is 0 Å². The van der Waals surface area contributed by atoms with Gasteiger partial charge in [-0.2, -0.15) is 0 Å². The zero-order valence-corrected chi connectivity index (χ0v) is 19.1. The fourth-order valence-corrected chi connectivity index (χ4v) is 4.35. The van der Waals surface area contributed by atoms with Crippen LogP contribution in [-0.2, 0) is 12.2 Å². The lowest BCUT2D eigenvalue weighted by Crippen LogP contribution is -2.16. The van der Waals surface area contributed by atoms with Crippen molar-refractivity contribution in [3.63, 3.8) is 0 Å². The first-order chi connectivity index (χ1) is 15.5. The van der Waals surface area contributed by atoms with Gasteiger partial charge in [0.25, 0.3) is 5.91 Å². The molecule has 0 aliphatic heterocycles. The van der Waals surface area contributed by atoms with Crippen molar-refractivity contribution < 1.29 is 4.79 Å². The topological polar surface area (TPSA) is 85.6 Å². The van der Waals surface area contributed by atoms with Crippen LogP contribution >= 0.6 is 11.8 Å². The fourth-order valence-electron chi connectivity index (χ4n) is 3.41. The van der Waals surface area contributed by atoms with E-state index in [1.807, 2.05) is 74.5 Å². The quantitative estimate of drug-likeness (QED) is 0.326. The summed E-state index contributed by atoms with van der Waals surface area (Å²) in [5.74, 6) is 0.160. The average molecular weight is 445 g/mol. The molecule has 0 aliphatic rings. The molecule has 0 saturated heterocycles. The molecule has 0 aliphatic carbocycles. The molecule has 0 radical (unpaired) electrons. The summed E-state index contributed by atoms with van der Waals surface area (Å²) in [5.41, 5.74) is 5.48. The summed E-state index contributed by atoms with van der Waals surface area (Å²) >= 11 is 1.46. The predicted octanol–water partition coefficient (Wildman–Crippen LogP) is 4.78. The Morgan fingerprint density at radius 3 is 2.41 bits per heavy atom. The Kier molecular flexibility index (Phi) is 6.61. The maximum absolute atomic E-state index is 13.2. The van der Waals surface area contributed by atoms with Gasteiger partial charge in [0, 0.05) is 22.8 Å². The third-order valence-corrected chi connectivity index (χ3v) is 5.78. The van der Waals surface area contributed by atoms with Crippen molar-refractivity contribution in [2.45, 2.75) is 38.1 Å². The molecule has 0 saturated carbocycles. The Labute approximate surface area is 191 Å². The van der Waals surface area contributed by atoms with Crippen LogP contribution in [-0.4, -0.2) is 30.9 Å². The fraction of sp³-hybridized carbons (Fsp3) is 0.208. The molecule has 32 heavy (non-hydrogen) atoms. The zero-order valence-electron chi connectivity index (χ0n) is 18.2. The van der Waals surface area contributed by atoms with Crippen molar-refractivity contribution >= 4 is 23.4 Å². The second-order valence-electron chi connectivity index (χ2n) is 7.32. The summed E-state index contributed by atoms with van der Waals surface area (Å²) in [6.45, 7) is 5.94. The van der Waals surface area contributed by atoms with Gasteiger partial charge in [-0.15, -0.1) is 5.10 Å². The molecular formula is C24H24N6OS. The molecule has 8 heteroatoms. The number of para-hydroxylation sites is 2. The number of hydrogen-bond acceptors (Lipinski definition) is 6. The van der Waals surface area contributed by atoms with Crippen molar-refractivity contribution in [1.29, 1.82) is 0 Å². The van der Waals surface area contributed by atoms with Crippen LogP contribution in [0.1, 0.15) is 40.1 Å². The molecule has 0 atom stereocenters. The van der Waals surface area contributed by atoms with Gasteiger partial charge in [0.05, 0.1) is 11.4 Å². The van der Waals surface area contributed by atoms with E-state index >= 15 is 0 Å². The van der Waals surface area contributed by atoms with Crippen LogP contribution in [0.15, 0.2) is 65.8 Å². The van der Waals surface area contributed by atoms with E-state index in [1.165, 1.54) is 11.8 Å². The van der Waals surface area contributed by atoms with Crippen LogP contribution in [0.2, 0.25) is 0 Å². The minimum atomic E-state index is -0.287. The lowest BCUT2D eigenvalue weighted by Gasteiger charge is -2.10. The first-order valence-corrected chi connectivity index (χ1v) is 11.4. The van der Waals surface area contributed by atoms with Crippen LogP contribution in [0.4, 0.5) is 5.69 Å². The normalized spacial score (nSPS) is 10.8. The van der Waals surface area contributed by atoms with Crippen LogP contribution in [0.25, 0.3) is 5.69 Å². The lowest BCUT2D eigenvalue weighted by atomic mass is 10.1. The number of anilines is 1. The van der Waals surface area contributed by atoms with Gasteiger partial charge in [-0.1, -0.05) is 60.3 Å². The summed E-state index contributed by atoms with van der Waals surface area (Å²) in [7, 11) is 0. The average Bonchev–Trinajstić information content (AvgIpc) is 3.22. The standard InChI is InChI=1S/C24H24N6OS/c1-4-18-10-8-9-13-20(18)27-23(31)22-21(15-32-24-25-16(2)14-17(3)26-24)30(29-28-22)19-11-6-5-7-12-19/h5-14H,4,15H2,1-3H3,(H,27,31). The predicted molar refractivity (Wildman–Crippen MR) is 126 cm³/mol. The third-order valence-electron chi connectivity index (χ3n) is 4.93. The molecule has 0 bridgehead atoms. The van der Waals surface area contributed by atoms with Crippen LogP contribution < -0.4 is 5.32 Å². The van der Waals surface area contributed by atoms with Crippen LogP contribution in [0, 0.1) is 13.8 Å². The van der Waals surface area contributed by atoms with E-state index in [4.69, 9.17) is 0 Å². The number of hydrogen-bond donors (Lipinski definition) is 1. The van der Waals surface area contributed by atoms with Crippen molar-refractivity contribution in [2.75, 3.05) is 5.32 Å². The van der Waals surface area contributed by atoms with E-state index < -0.39 is 0 Å². The monoisotopic (exact) mass is 444 g/mol. The van der Waals surface area contributed by atoms with E-state index in [0.29, 0.717) is 16.6 Å². The first-order valence-electron chi connectivity index (χ1n) is 10.4. The Hall–Kier alpha value is -3.52. The van der Waals surface area contributed by atoms with Crippen LogP contribution in [0.5, 0.6) is 0 Å². The molecule has 162 valence electrons. The largest absolute Gasteiger partial charge is 0.320 e. The Bertz CT molecular complexity index is 1220. The molecule has 2 aromatic carbocycles. The highest BCUT2D eigenvalue weighted by Crippen LogP contribution is 2.25. The third kappa shape index (κ3) is 4.86. The van der Waals surface area contributed by atoms with Crippen LogP contribution in [0.3, 0.4) is 0 Å². The highest BCUT2D eigenvalue weighted by atomic mass is 32.2. The van der Waals surface area contributed by atoms with Crippen molar-refractivity contribution in [1.82, 2.24) is 25.0 Å². The van der Waals surface area contributed by atoms with Crippen molar-refractivity contribution in [3.05, 3.63) is 89.0 Å². The molecule has 0 spiro atoms. The number of amides is 1. The Morgan fingerprint density at radius 2 is 1.69 bits per heavy atom. The van der Waals surface area contributed by atoms with E-state index in [2.05, 4.69) is 32.5 Å². The lowest BCUT2D eigenvalue weighted by molar-refractivity contribution is 0.102. The smallest absolute Gasteiger partial charge is 0.278 e. The molecule has 0 unspecified atom stereocenters. The molecular weight excluding hydrogens is 420 g/mol. The maximum Gasteiger partial charge on any atom is 0.278 e. The minimum Gasteiger partial charge on any atom is -0.320 e. The van der Waals surface area contributed by atoms with Crippen molar-refractivity contribution in [3.8, 4) is 5.69 Å². The van der Waals surface area contributed by atoms with Gasteiger partial charge < -0.3 is 5.32 Å². The number of carbonyl (C=O) groups excluding carboxylic acids is 1. The molecule has 2 aromatic heterocycles. The number of carbonyl (C=O) groups is 1. The number of benzene rings is 2. The molecule has 4 aromatic rings. The number of rotatable bonds is 7. The van der Waals surface area contributed by atoms with Gasteiger partial charge in [-0.3, -0.25) is 4.79 Å². The number of thioether (sulfide) groups is 1. The number of aryl methyl sites for hydroxylation is 3. The summed E-state index contributed by atoms with van der Waals surface area (Å²) in [6.07, 6.45) is 0.819. The van der Waals surface area contributed by atoms with Gasteiger partial charge in [-0.05, 0) is 50.1 Å². The molecule has 1 N–H and O–H groups in total. The molecule has 4 rings (SSSR count). The number of nitrogens with zero attached hydrogens (tertiary/aromatic N) is 5. The van der Waals surface area contributed by atoms with Crippen molar-refractivity contribution in [2.24, 2.45) is 0 Å². The molecule has 0 fully saturated rings. The zero-order chi connectivity index (χ0) is 22.5. The van der Waals surface area contributed by atoms with E-state index in [1.54, 1.807) is 4.68 Å². The second kappa shape index (κ2) is 9.74. The Morgan fingerprint density at radius 1 is 1.00 bits per heavy atom. The number of aromatic nitrogens is 5.